The molecule has 4 rings (SSSR count). The van der Waals surface area contributed by atoms with Crippen LogP contribution < -0.4 is 0 Å². The highest BCUT2D eigenvalue weighted by Crippen LogP contribution is 2.68. The first kappa shape index (κ1) is 24.2. The van der Waals surface area contributed by atoms with Crippen molar-refractivity contribution in [3.63, 3.8) is 0 Å². The molecule has 4 aliphatic rings. The number of hydrogen-bond acceptors (Lipinski definition) is 4. The van der Waals surface area contributed by atoms with Gasteiger partial charge in [-0.3, -0.25) is 4.79 Å². The standard InChI is InChI=1S/C28H44O4/c1-17(2)18(3)7-8-19(4)21-9-10-22-23-15-24(30)28(32)16-20(29)11-12-26(28,6)27(23,31)14-13-25(21,22)5/h7-8,15,17-22,29,31-32H,9-14,16H2,1-6H3/b8-7+/t18-,19+,20-,21+,22?,25+,26+,27+,28-/m0/s1. The van der Waals surface area contributed by atoms with Crippen LogP contribution in [0.2, 0.25) is 0 Å². The summed E-state index contributed by atoms with van der Waals surface area (Å²) in [6, 6.07) is 0. The van der Waals surface area contributed by atoms with E-state index in [0.717, 1.165) is 24.8 Å². The van der Waals surface area contributed by atoms with Gasteiger partial charge in [0, 0.05) is 11.8 Å². The van der Waals surface area contributed by atoms with Gasteiger partial charge in [0.2, 0.25) is 0 Å². The van der Waals surface area contributed by atoms with E-state index in [0.29, 0.717) is 42.9 Å². The molecule has 3 saturated carbocycles. The summed E-state index contributed by atoms with van der Waals surface area (Å²) in [6.07, 6.45) is 10.2. The number of aliphatic hydroxyl groups is 3. The molecule has 9 atom stereocenters. The van der Waals surface area contributed by atoms with Crippen LogP contribution >= 0.6 is 0 Å². The van der Waals surface area contributed by atoms with Crippen LogP contribution in [0.4, 0.5) is 0 Å². The van der Waals surface area contributed by atoms with E-state index in [2.05, 4.69) is 46.8 Å². The molecule has 0 saturated heterocycles. The Hall–Kier alpha value is -0.970. The van der Waals surface area contributed by atoms with E-state index in [-0.39, 0.29) is 23.5 Å². The number of ketones is 1. The van der Waals surface area contributed by atoms with Crippen LogP contribution in [-0.4, -0.2) is 38.4 Å². The maximum Gasteiger partial charge on any atom is 0.188 e. The first-order chi connectivity index (χ1) is 14.8. The predicted octanol–water partition coefficient (Wildman–Crippen LogP) is 4.82. The van der Waals surface area contributed by atoms with Crippen molar-refractivity contribution in [3.8, 4) is 0 Å². The first-order valence-electron chi connectivity index (χ1n) is 12.9. The third kappa shape index (κ3) is 3.15. The maximum absolute atomic E-state index is 13.3. The van der Waals surface area contributed by atoms with Gasteiger partial charge in [-0.05, 0) is 85.2 Å². The molecule has 0 radical (unpaired) electrons. The quantitative estimate of drug-likeness (QED) is 0.543. The van der Waals surface area contributed by atoms with Gasteiger partial charge in [-0.25, -0.2) is 0 Å². The Kier molecular flexibility index (Phi) is 5.88. The lowest BCUT2D eigenvalue weighted by molar-refractivity contribution is -0.223. The number of carbonyl (C=O) groups excluding carboxylic acids is 1. The molecule has 3 fully saturated rings. The second-order valence-corrected chi connectivity index (χ2v) is 12.5. The second-order valence-electron chi connectivity index (χ2n) is 12.5. The highest BCUT2D eigenvalue weighted by atomic mass is 16.3. The zero-order chi connectivity index (χ0) is 23.7. The van der Waals surface area contributed by atoms with Gasteiger partial charge in [0.15, 0.2) is 5.78 Å². The van der Waals surface area contributed by atoms with Crippen molar-refractivity contribution in [2.45, 2.75) is 104 Å². The summed E-state index contributed by atoms with van der Waals surface area (Å²) in [4.78, 5) is 13.3. The van der Waals surface area contributed by atoms with E-state index >= 15 is 0 Å². The molecule has 4 aliphatic carbocycles. The predicted molar refractivity (Wildman–Crippen MR) is 127 cm³/mol. The van der Waals surface area contributed by atoms with Gasteiger partial charge in [-0.2, -0.15) is 0 Å². The van der Waals surface area contributed by atoms with Crippen molar-refractivity contribution in [1.29, 1.82) is 0 Å². The molecule has 1 unspecified atom stereocenters. The Balaban J connectivity index is 1.67. The second kappa shape index (κ2) is 7.78. The van der Waals surface area contributed by atoms with Gasteiger partial charge in [0.25, 0.3) is 0 Å². The minimum atomic E-state index is -1.68. The Morgan fingerprint density at radius 2 is 1.66 bits per heavy atom. The van der Waals surface area contributed by atoms with E-state index in [4.69, 9.17) is 0 Å². The number of rotatable bonds is 4. The minimum absolute atomic E-state index is 0.0227. The number of carbonyl (C=O) groups is 1. The van der Waals surface area contributed by atoms with E-state index < -0.39 is 22.7 Å². The van der Waals surface area contributed by atoms with Crippen molar-refractivity contribution in [1.82, 2.24) is 0 Å². The monoisotopic (exact) mass is 444 g/mol. The summed E-state index contributed by atoms with van der Waals surface area (Å²) in [7, 11) is 0. The molecule has 0 aliphatic heterocycles. The van der Waals surface area contributed by atoms with E-state index in [1.165, 1.54) is 0 Å². The molecule has 0 bridgehead atoms. The van der Waals surface area contributed by atoms with Crippen LogP contribution in [0, 0.1) is 40.4 Å². The van der Waals surface area contributed by atoms with Gasteiger partial charge in [-0.1, -0.05) is 53.7 Å². The molecule has 32 heavy (non-hydrogen) atoms. The summed E-state index contributed by atoms with van der Waals surface area (Å²) in [5, 5.41) is 33.9. The zero-order valence-corrected chi connectivity index (χ0v) is 20.9. The number of hydrogen-bond donors (Lipinski definition) is 3. The average Bonchev–Trinajstić information content (AvgIpc) is 3.07. The zero-order valence-electron chi connectivity index (χ0n) is 20.9. The Morgan fingerprint density at radius 1 is 0.969 bits per heavy atom. The molecule has 4 nitrogen and oxygen atoms in total. The molecule has 0 heterocycles. The van der Waals surface area contributed by atoms with E-state index in [1.807, 2.05) is 6.92 Å². The van der Waals surface area contributed by atoms with Crippen LogP contribution in [0.1, 0.15) is 86.5 Å². The van der Waals surface area contributed by atoms with Gasteiger partial charge in [-0.15, -0.1) is 0 Å². The maximum atomic E-state index is 13.3. The molecule has 0 aromatic carbocycles. The lowest BCUT2D eigenvalue weighted by Gasteiger charge is -2.63. The molecule has 0 amide bonds. The Labute approximate surface area is 194 Å². The molecule has 3 N–H and O–H groups in total. The third-order valence-corrected chi connectivity index (χ3v) is 10.7. The van der Waals surface area contributed by atoms with Crippen molar-refractivity contribution in [2.75, 3.05) is 0 Å². The number of aliphatic hydroxyl groups excluding tert-OH is 1. The lowest BCUT2D eigenvalue weighted by Crippen LogP contribution is -2.71. The van der Waals surface area contributed by atoms with Crippen molar-refractivity contribution < 1.29 is 20.1 Å². The molecule has 0 spiro atoms. The molecule has 180 valence electrons. The third-order valence-electron chi connectivity index (χ3n) is 10.7. The molecule has 0 aromatic rings. The SMILES string of the molecule is CC(C)[C@@H](C)/C=C/[C@@H](C)[C@H]1CCC2C3=CC(=O)[C@@]4(O)C[C@@H](O)CC[C@]4(C)[C@@]3(O)CC[C@@]21C. The van der Waals surface area contributed by atoms with Crippen LogP contribution in [0.3, 0.4) is 0 Å². The van der Waals surface area contributed by atoms with E-state index in [1.54, 1.807) is 6.08 Å². The van der Waals surface area contributed by atoms with Crippen molar-refractivity contribution >= 4 is 5.78 Å². The molecule has 0 aromatic heterocycles. The summed E-state index contributed by atoms with van der Waals surface area (Å²) >= 11 is 0. The highest BCUT2D eigenvalue weighted by Gasteiger charge is 2.71. The number of fused-ring (bicyclic) bond motifs is 5. The molecular weight excluding hydrogens is 400 g/mol. The van der Waals surface area contributed by atoms with Gasteiger partial charge in [0.1, 0.15) is 5.60 Å². The van der Waals surface area contributed by atoms with Crippen LogP contribution in [0.15, 0.2) is 23.8 Å². The highest BCUT2D eigenvalue weighted by molar-refractivity contribution is 6.00. The van der Waals surface area contributed by atoms with Gasteiger partial charge >= 0.3 is 0 Å². The normalized spacial score (nSPS) is 48.2. The van der Waals surface area contributed by atoms with Crippen LogP contribution in [-0.2, 0) is 4.79 Å². The summed E-state index contributed by atoms with van der Waals surface area (Å²) in [5.41, 5.74) is -2.90. The van der Waals surface area contributed by atoms with Crippen LogP contribution in [0.5, 0.6) is 0 Å². The van der Waals surface area contributed by atoms with Crippen LogP contribution in [0.25, 0.3) is 0 Å². The van der Waals surface area contributed by atoms with E-state index in [9.17, 15) is 20.1 Å². The fraction of sp³-hybridized carbons (Fsp3) is 0.821. The molecule has 4 heteroatoms. The van der Waals surface area contributed by atoms with Crippen molar-refractivity contribution in [2.24, 2.45) is 40.4 Å². The number of allylic oxidation sites excluding steroid dienone is 2. The summed E-state index contributed by atoms with van der Waals surface area (Å²) in [5.74, 6) is 2.01. The fourth-order valence-electron chi connectivity index (χ4n) is 7.91. The smallest absolute Gasteiger partial charge is 0.188 e. The lowest BCUT2D eigenvalue weighted by atomic mass is 9.43. The van der Waals surface area contributed by atoms with Gasteiger partial charge < -0.3 is 15.3 Å². The summed E-state index contributed by atoms with van der Waals surface area (Å²) in [6.45, 7) is 13.4. The molecular formula is C28H44O4. The average molecular weight is 445 g/mol. The first-order valence-corrected chi connectivity index (χ1v) is 12.9. The van der Waals surface area contributed by atoms with Crippen molar-refractivity contribution in [3.05, 3.63) is 23.8 Å². The summed E-state index contributed by atoms with van der Waals surface area (Å²) < 4.78 is 0. The minimum Gasteiger partial charge on any atom is -0.393 e. The van der Waals surface area contributed by atoms with Gasteiger partial charge in [0.05, 0.1) is 11.7 Å². The fourth-order valence-corrected chi connectivity index (χ4v) is 7.91. The Morgan fingerprint density at radius 3 is 2.31 bits per heavy atom. The Bertz CT molecular complexity index is 829. The topological polar surface area (TPSA) is 77.8 Å². The largest absolute Gasteiger partial charge is 0.393 e.